The molecule has 4 rings (SSSR count). The first-order chi connectivity index (χ1) is 14.4. The standard InChI is InChI=1S/C25H28N2O2/c1-4-10-20(11-5-1)16-23-17-24(28-18-21-12-6-2-7-13-21)25(27-26-23)29-19-22-14-8-3-9-15-22/h2-3,6-9,12-15,17,20H,1,4-5,10-11,16,18-19H2. The number of rotatable bonds is 8. The molecule has 29 heavy (non-hydrogen) atoms. The van der Waals surface area contributed by atoms with Crippen molar-refractivity contribution in [3.63, 3.8) is 0 Å². The molecule has 1 fully saturated rings. The van der Waals surface area contributed by atoms with Gasteiger partial charge in [-0.2, -0.15) is 5.10 Å². The predicted octanol–water partition coefficient (Wildman–Crippen LogP) is 5.76. The summed E-state index contributed by atoms with van der Waals surface area (Å²) in [5, 5.41) is 8.82. The molecule has 4 heteroatoms. The number of hydrogen-bond acceptors (Lipinski definition) is 4. The maximum Gasteiger partial charge on any atom is 0.276 e. The summed E-state index contributed by atoms with van der Waals surface area (Å²) in [6.45, 7) is 0.927. The van der Waals surface area contributed by atoms with Gasteiger partial charge in [0, 0.05) is 6.07 Å². The van der Waals surface area contributed by atoms with Crippen LogP contribution in [0.5, 0.6) is 11.6 Å². The zero-order valence-corrected chi connectivity index (χ0v) is 16.8. The molecule has 0 aliphatic heterocycles. The van der Waals surface area contributed by atoms with Crippen LogP contribution in [0.4, 0.5) is 0 Å². The van der Waals surface area contributed by atoms with E-state index < -0.39 is 0 Å². The van der Waals surface area contributed by atoms with Gasteiger partial charge in [-0.25, -0.2) is 0 Å². The Morgan fingerprint density at radius 2 is 1.34 bits per heavy atom. The Morgan fingerprint density at radius 3 is 2.00 bits per heavy atom. The average Bonchev–Trinajstić information content (AvgIpc) is 2.79. The van der Waals surface area contributed by atoms with Gasteiger partial charge in [0.25, 0.3) is 5.88 Å². The van der Waals surface area contributed by atoms with Gasteiger partial charge in [-0.3, -0.25) is 0 Å². The number of ether oxygens (including phenoxy) is 2. The highest BCUT2D eigenvalue weighted by molar-refractivity contribution is 5.34. The van der Waals surface area contributed by atoms with Crippen molar-refractivity contribution in [2.45, 2.75) is 51.7 Å². The molecular weight excluding hydrogens is 360 g/mol. The van der Waals surface area contributed by atoms with E-state index in [0.717, 1.165) is 23.2 Å². The molecule has 150 valence electrons. The lowest BCUT2D eigenvalue weighted by atomic mass is 9.86. The molecule has 0 radical (unpaired) electrons. The van der Waals surface area contributed by atoms with E-state index in [1.54, 1.807) is 0 Å². The van der Waals surface area contributed by atoms with E-state index >= 15 is 0 Å². The lowest BCUT2D eigenvalue weighted by Gasteiger charge is -2.21. The number of hydrogen-bond donors (Lipinski definition) is 0. The van der Waals surface area contributed by atoms with Crippen LogP contribution in [0.15, 0.2) is 66.7 Å². The third kappa shape index (κ3) is 5.80. The van der Waals surface area contributed by atoms with Crippen LogP contribution in [-0.2, 0) is 19.6 Å². The molecule has 0 spiro atoms. The Morgan fingerprint density at radius 1 is 0.724 bits per heavy atom. The van der Waals surface area contributed by atoms with Crippen molar-refractivity contribution in [2.24, 2.45) is 5.92 Å². The van der Waals surface area contributed by atoms with Crippen LogP contribution < -0.4 is 9.47 Å². The summed E-state index contributed by atoms with van der Waals surface area (Å²) in [4.78, 5) is 0. The molecule has 0 saturated heterocycles. The summed E-state index contributed by atoms with van der Waals surface area (Å²) in [5.41, 5.74) is 3.20. The molecule has 1 heterocycles. The number of nitrogens with zero attached hydrogens (tertiary/aromatic N) is 2. The molecule has 2 aromatic carbocycles. The molecule has 4 nitrogen and oxygen atoms in total. The maximum absolute atomic E-state index is 6.11. The van der Waals surface area contributed by atoms with Gasteiger partial charge in [-0.1, -0.05) is 92.8 Å². The molecule has 0 N–H and O–H groups in total. The van der Waals surface area contributed by atoms with Crippen LogP contribution in [0.25, 0.3) is 0 Å². The first kappa shape index (κ1) is 19.4. The monoisotopic (exact) mass is 388 g/mol. The molecule has 3 aromatic rings. The Hall–Kier alpha value is -2.88. The fourth-order valence-electron chi connectivity index (χ4n) is 3.85. The molecule has 1 saturated carbocycles. The first-order valence-corrected chi connectivity index (χ1v) is 10.6. The van der Waals surface area contributed by atoms with E-state index in [-0.39, 0.29) is 0 Å². The van der Waals surface area contributed by atoms with Gasteiger partial charge in [0.05, 0.1) is 5.69 Å². The van der Waals surface area contributed by atoms with Crippen molar-refractivity contribution in [3.8, 4) is 11.6 Å². The lowest BCUT2D eigenvalue weighted by Crippen LogP contribution is -2.11. The second-order valence-electron chi connectivity index (χ2n) is 7.76. The summed E-state index contributed by atoms with van der Waals surface area (Å²) in [7, 11) is 0. The zero-order valence-electron chi connectivity index (χ0n) is 16.8. The average molecular weight is 389 g/mol. The first-order valence-electron chi connectivity index (χ1n) is 10.6. The van der Waals surface area contributed by atoms with E-state index in [2.05, 4.69) is 22.3 Å². The van der Waals surface area contributed by atoms with Crippen molar-refractivity contribution >= 4 is 0 Å². The topological polar surface area (TPSA) is 44.2 Å². The molecule has 0 amide bonds. The lowest BCUT2D eigenvalue weighted by molar-refractivity contribution is 0.242. The highest BCUT2D eigenvalue weighted by atomic mass is 16.5. The summed E-state index contributed by atoms with van der Waals surface area (Å²) in [5.74, 6) is 1.83. The largest absolute Gasteiger partial charge is 0.483 e. The molecule has 0 bridgehead atoms. The molecule has 1 aromatic heterocycles. The number of aromatic nitrogens is 2. The highest BCUT2D eigenvalue weighted by Gasteiger charge is 2.17. The van der Waals surface area contributed by atoms with Gasteiger partial charge in [-0.05, 0) is 23.5 Å². The fourth-order valence-corrected chi connectivity index (χ4v) is 3.85. The third-order valence-corrected chi connectivity index (χ3v) is 5.46. The Kier molecular flexibility index (Phi) is 6.74. The minimum atomic E-state index is 0.444. The van der Waals surface area contributed by atoms with Gasteiger partial charge < -0.3 is 9.47 Å². The van der Waals surface area contributed by atoms with Crippen LogP contribution in [0.3, 0.4) is 0 Å². The van der Waals surface area contributed by atoms with Crippen molar-refractivity contribution in [1.82, 2.24) is 10.2 Å². The molecular formula is C25H28N2O2. The summed E-state index contributed by atoms with van der Waals surface area (Å²) in [6.07, 6.45) is 7.55. The summed E-state index contributed by atoms with van der Waals surface area (Å²) in [6, 6.07) is 22.3. The van der Waals surface area contributed by atoms with Gasteiger partial charge >= 0.3 is 0 Å². The Balaban J connectivity index is 1.48. The predicted molar refractivity (Wildman–Crippen MR) is 114 cm³/mol. The van der Waals surface area contributed by atoms with E-state index in [0.29, 0.717) is 30.8 Å². The second kappa shape index (κ2) is 10.1. The Bertz CT molecular complexity index is 878. The van der Waals surface area contributed by atoms with Crippen LogP contribution in [0.2, 0.25) is 0 Å². The van der Waals surface area contributed by atoms with Crippen molar-refractivity contribution < 1.29 is 9.47 Å². The van der Waals surface area contributed by atoms with Gasteiger partial charge in [0.2, 0.25) is 0 Å². The van der Waals surface area contributed by atoms with Crippen LogP contribution in [-0.4, -0.2) is 10.2 Å². The van der Waals surface area contributed by atoms with E-state index in [1.165, 1.54) is 32.1 Å². The molecule has 0 atom stereocenters. The second-order valence-corrected chi connectivity index (χ2v) is 7.76. The minimum Gasteiger partial charge on any atom is -0.483 e. The van der Waals surface area contributed by atoms with E-state index in [9.17, 15) is 0 Å². The fraction of sp³-hybridized carbons (Fsp3) is 0.360. The SMILES string of the molecule is c1ccc(COc2cc(CC3CCCCC3)nnc2OCc2ccccc2)cc1. The summed E-state index contributed by atoms with van der Waals surface area (Å²) < 4.78 is 12.1. The molecule has 1 aliphatic rings. The van der Waals surface area contributed by atoms with Crippen molar-refractivity contribution in [2.75, 3.05) is 0 Å². The van der Waals surface area contributed by atoms with Crippen molar-refractivity contribution in [1.29, 1.82) is 0 Å². The number of benzene rings is 2. The van der Waals surface area contributed by atoms with Gasteiger partial charge in [0.1, 0.15) is 13.2 Å². The molecule has 1 aliphatic carbocycles. The molecule has 0 unspecified atom stereocenters. The van der Waals surface area contributed by atoms with Gasteiger partial charge in [0.15, 0.2) is 5.75 Å². The van der Waals surface area contributed by atoms with Crippen molar-refractivity contribution in [3.05, 3.63) is 83.6 Å². The third-order valence-electron chi connectivity index (χ3n) is 5.46. The van der Waals surface area contributed by atoms with E-state index in [4.69, 9.17) is 9.47 Å². The van der Waals surface area contributed by atoms with Crippen LogP contribution in [0, 0.1) is 5.92 Å². The van der Waals surface area contributed by atoms with Crippen LogP contribution in [0.1, 0.15) is 48.9 Å². The normalized spacial score (nSPS) is 14.5. The quantitative estimate of drug-likeness (QED) is 0.492. The maximum atomic E-state index is 6.11. The minimum absolute atomic E-state index is 0.444. The summed E-state index contributed by atoms with van der Waals surface area (Å²) >= 11 is 0. The smallest absolute Gasteiger partial charge is 0.276 e. The van der Waals surface area contributed by atoms with E-state index in [1.807, 2.05) is 54.6 Å². The van der Waals surface area contributed by atoms with Gasteiger partial charge in [-0.15, -0.1) is 5.10 Å². The highest BCUT2D eigenvalue weighted by Crippen LogP contribution is 2.30. The van der Waals surface area contributed by atoms with Crippen LogP contribution >= 0.6 is 0 Å². The Labute approximate surface area is 172 Å². The zero-order chi connectivity index (χ0) is 19.7.